The summed E-state index contributed by atoms with van der Waals surface area (Å²) in [4.78, 5) is 11.3. The Kier molecular flexibility index (Phi) is 3.48. The van der Waals surface area contributed by atoms with Gasteiger partial charge in [0.15, 0.2) is 0 Å². The van der Waals surface area contributed by atoms with Crippen molar-refractivity contribution in [3.05, 3.63) is 0 Å². The van der Waals surface area contributed by atoms with Gasteiger partial charge in [-0.25, -0.2) is 0 Å². The predicted molar refractivity (Wildman–Crippen MR) is 64.9 cm³/mol. The first kappa shape index (κ1) is 10.9. The molecule has 1 saturated carbocycles. The molecule has 1 heterocycles. The van der Waals surface area contributed by atoms with Crippen LogP contribution in [0.3, 0.4) is 0 Å². The minimum atomic E-state index is 0.378. The highest BCUT2D eigenvalue weighted by Crippen LogP contribution is 2.52. The number of carbonyl (C=O) groups is 1. The molecular formula is C11H18OS2. The Morgan fingerprint density at radius 3 is 2.29 bits per heavy atom. The Bertz CT molecular complexity index is 211. The van der Waals surface area contributed by atoms with E-state index in [1.807, 2.05) is 0 Å². The lowest BCUT2D eigenvalue weighted by Crippen LogP contribution is -2.32. The number of Topliss-reactive ketones (excluding diaryl/α,β-unsaturated/α-hetero) is 1. The van der Waals surface area contributed by atoms with Crippen molar-refractivity contribution in [1.29, 1.82) is 0 Å². The van der Waals surface area contributed by atoms with Gasteiger partial charge < -0.3 is 0 Å². The van der Waals surface area contributed by atoms with Crippen LogP contribution in [0.1, 0.15) is 39.0 Å². The van der Waals surface area contributed by atoms with Crippen LogP contribution >= 0.6 is 23.5 Å². The molecule has 1 saturated heterocycles. The van der Waals surface area contributed by atoms with Crippen LogP contribution in [0.2, 0.25) is 0 Å². The smallest absolute Gasteiger partial charge is 0.132 e. The molecule has 1 spiro atoms. The maximum atomic E-state index is 11.3. The quantitative estimate of drug-likeness (QED) is 0.688. The first-order valence-electron chi connectivity index (χ1n) is 5.50. The largest absolute Gasteiger partial charge is 0.300 e. The molecule has 3 heteroatoms. The number of carbonyl (C=O) groups excluding carboxylic acids is 1. The van der Waals surface area contributed by atoms with E-state index in [9.17, 15) is 4.79 Å². The fraction of sp³-hybridized carbons (Fsp3) is 0.909. The van der Waals surface area contributed by atoms with E-state index in [0.29, 0.717) is 15.8 Å². The van der Waals surface area contributed by atoms with E-state index in [1.54, 1.807) is 6.92 Å². The molecule has 0 N–H and O–H groups in total. The molecule has 0 atom stereocenters. The molecule has 2 fully saturated rings. The predicted octanol–water partition coefficient (Wildman–Crippen LogP) is 3.33. The molecule has 1 nitrogen and oxygen atoms in total. The molecule has 1 aliphatic heterocycles. The van der Waals surface area contributed by atoms with E-state index < -0.39 is 0 Å². The van der Waals surface area contributed by atoms with Crippen molar-refractivity contribution in [2.75, 3.05) is 11.5 Å². The van der Waals surface area contributed by atoms with Gasteiger partial charge >= 0.3 is 0 Å². The maximum absolute atomic E-state index is 11.3. The molecule has 0 aromatic heterocycles. The van der Waals surface area contributed by atoms with Crippen molar-refractivity contribution < 1.29 is 4.79 Å². The number of rotatable bonds is 1. The van der Waals surface area contributed by atoms with Crippen molar-refractivity contribution in [1.82, 2.24) is 0 Å². The summed E-state index contributed by atoms with van der Waals surface area (Å²) < 4.78 is 0.504. The third kappa shape index (κ3) is 2.30. The van der Waals surface area contributed by atoms with Crippen LogP contribution in [0.4, 0.5) is 0 Å². The second kappa shape index (κ2) is 4.48. The topological polar surface area (TPSA) is 17.1 Å². The Balaban J connectivity index is 1.90. The van der Waals surface area contributed by atoms with E-state index >= 15 is 0 Å². The first-order chi connectivity index (χ1) is 6.72. The van der Waals surface area contributed by atoms with Crippen LogP contribution in [0.5, 0.6) is 0 Å². The summed E-state index contributed by atoms with van der Waals surface area (Å²) in [6, 6.07) is 0. The number of ketones is 1. The molecule has 0 radical (unpaired) electrons. The van der Waals surface area contributed by atoms with Gasteiger partial charge in [-0.2, -0.15) is 0 Å². The zero-order valence-corrected chi connectivity index (χ0v) is 10.4. The van der Waals surface area contributed by atoms with Crippen molar-refractivity contribution >= 4 is 29.3 Å². The second-order valence-corrected chi connectivity index (χ2v) is 7.56. The van der Waals surface area contributed by atoms with Crippen molar-refractivity contribution in [3.8, 4) is 0 Å². The molecule has 0 bridgehead atoms. The molecule has 0 aromatic carbocycles. The van der Waals surface area contributed by atoms with Crippen molar-refractivity contribution in [3.63, 3.8) is 0 Å². The van der Waals surface area contributed by atoms with Gasteiger partial charge in [-0.05, 0) is 50.5 Å². The van der Waals surface area contributed by atoms with E-state index in [-0.39, 0.29) is 0 Å². The van der Waals surface area contributed by atoms with Gasteiger partial charge in [-0.1, -0.05) is 0 Å². The average molecular weight is 230 g/mol. The van der Waals surface area contributed by atoms with Gasteiger partial charge in [-0.15, -0.1) is 23.5 Å². The van der Waals surface area contributed by atoms with E-state index in [1.165, 1.54) is 30.8 Å². The molecule has 0 aromatic rings. The number of thioether (sulfide) groups is 2. The van der Waals surface area contributed by atoms with Gasteiger partial charge in [0.05, 0.1) is 4.08 Å². The van der Waals surface area contributed by atoms with Crippen molar-refractivity contribution in [2.24, 2.45) is 5.92 Å². The van der Waals surface area contributed by atoms with Gasteiger partial charge in [-0.3, -0.25) is 4.79 Å². The third-order valence-corrected chi connectivity index (χ3v) is 6.90. The Morgan fingerprint density at radius 1 is 1.21 bits per heavy atom. The van der Waals surface area contributed by atoms with Gasteiger partial charge in [0.2, 0.25) is 0 Å². The van der Waals surface area contributed by atoms with Crippen LogP contribution < -0.4 is 0 Å². The summed E-state index contributed by atoms with van der Waals surface area (Å²) in [6.45, 7) is 1.75. The summed E-state index contributed by atoms with van der Waals surface area (Å²) in [6.07, 6.45) is 6.15. The van der Waals surface area contributed by atoms with Crippen LogP contribution in [-0.2, 0) is 4.79 Å². The van der Waals surface area contributed by atoms with Crippen LogP contribution in [0.15, 0.2) is 0 Å². The van der Waals surface area contributed by atoms with Gasteiger partial charge in [0.1, 0.15) is 5.78 Å². The molecule has 14 heavy (non-hydrogen) atoms. The SMILES string of the molecule is CC(=O)C1CCC2(CC1)SCCCS2. The van der Waals surface area contributed by atoms with Crippen LogP contribution in [0.25, 0.3) is 0 Å². The highest BCUT2D eigenvalue weighted by molar-refractivity contribution is 8.18. The Hall–Kier alpha value is 0.370. The lowest BCUT2D eigenvalue weighted by Gasteiger charge is -2.41. The van der Waals surface area contributed by atoms with Gasteiger partial charge in [0.25, 0.3) is 0 Å². The summed E-state index contributed by atoms with van der Waals surface area (Å²) in [5.41, 5.74) is 0. The lowest BCUT2D eigenvalue weighted by atomic mass is 9.86. The summed E-state index contributed by atoms with van der Waals surface area (Å²) >= 11 is 4.30. The zero-order chi connectivity index (χ0) is 10.0. The van der Waals surface area contributed by atoms with E-state index in [2.05, 4.69) is 23.5 Å². The standard InChI is InChI=1S/C11H18OS2/c1-9(12)10-3-5-11(6-4-10)13-7-2-8-14-11/h10H,2-8H2,1H3. The third-order valence-electron chi connectivity index (χ3n) is 3.34. The monoisotopic (exact) mass is 230 g/mol. The highest BCUT2D eigenvalue weighted by atomic mass is 32.2. The molecule has 0 unspecified atom stereocenters. The molecule has 2 aliphatic rings. The molecular weight excluding hydrogens is 212 g/mol. The molecule has 2 rings (SSSR count). The molecule has 0 amide bonds. The summed E-state index contributed by atoms with van der Waals surface area (Å²) in [5.74, 6) is 3.45. The fourth-order valence-corrected chi connectivity index (χ4v) is 5.76. The van der Waals surface area contributed by atoms with Gasteiger partial charge in [0, 0.05) is 5.92 Å². The number of hydrogen-bond acceptors (Lipinski definition) is 3. The fourth-order valence-electron chi connectivity index (χ4n) is 2.37. The van der Waals surface area contributed by atoms with Crippen molar-refractivity contribution in [2.45, 2.75) is 43.1 Å². The minimum Gasteiger partial charge on any atom is -0.300 e. The van der Waals surface area contributed by atoms with Crippen LogP contribution in [-0.4, -0.2) is 21.4 Å². The normalized spacial score (nSPS) is 27.8. The summed E-state index contributed by atoms with van der Waals surface area (Å²) in [5, 5.41) is 0. The average Bonchev–Trinajstić information content (AvgIpc) is 2.19. The Morgan fingerprint density at radius 2 is 1.79 bits per heavy atom. The maximum Gasteiger partial charge on any atom is 0.132 e. The zero-order valence-electron chi connectivity index (χ0n) is 8.75. The van der Waals surface area contributed by atoms with Crippen LogP contribution in [0, 0.1) is 5.92 Å². The van der Waals surface area contributed by atoms with E-state index in [0.717, 1.165) is 12.8 Å². The molecule has 80 valence electrons. The highest BCUT2D eigenvalue weighted by Gasteiger charge is 2.38. The lowest BCUT2D eigenvalue weighted by molar-refractivity contribution is -0.121. The Labute approximate surface area is 94.8 Å². The first-order valence-corrected chi connectivity index (χ1v) is 7.47. The number of hydrogen-bond donors (Lipinski definition) is 0. The second-order valence-electron chi connectivity index (χ2n) is 4.35. The van der Waals surface area contributed by atoms with E-state index in [4.69, 9.17) is 0 Å². The summed E-state index contributed by atoms with van der Waals surface area (Å²) in [7, 11) is 0. The molecule has 1 aliphatic carbocycles. The minimum absolute atomic E-state index is 0.378.